The molecule has 2 heterocycles. The van der Waals surface area contributed by atoms with Crippen LogP contribution in [-0.4, -0.2) is 53.9 Å². The van der Waals surface area contributed by atoms with Crippen LogP contribution >= 0.6 is 12.4 Å². The van der Waals surface area contributed by atoms with Gasteiger partial charge in [0.25, 0.3) is 0 Å². The molecular formula is C18H22ClN5O3S. The first-order valence-electron chi connectivity index (χ1n) is 8.79. The second-order valence-corrected chi connectivity index (χ2v) is 8.44. The SMILES string of the molecule is Cl.NCc1nc(CN2CCN(S(=O)(=O)c3ccc4ccccc4c3)CC2)no1. The number of aromatic nitrogens is 2. The number of nitrogens with two attached hydrogens (primary N) is 1. The summed E-state index contributed by atoms with van der Waals surface area (Å²) in [6, 6.07) is 13.0. The van der Waals surface area contributed by atoms with Crippen molar-refractivity contribution in [3.8, 4) is 0 Å². The molecule has 2 aromatic carbocycles. The first-order chi connectivity index (χ1) is 13.1. The second-order valence-electron chi connectivity index (χ2n) is 6.50. The van der Waals surface area contributed by atoms with Crippen LogP contribution in [0.3, 0.4) is 0 Å². The van der Waals surface area contributed by atoms with Gasteiger partial charge in [0, 0.05) is 26.2 Å². The van der Waals surface area contributed by atoms with Gasteiger partial charge >= 0.3 is 0 Å². The van der Waals surface area contributed by atoms with E-state index in [1.165, 1.54) is 4.31 Å². The van der Waals surface area contributed by atoms with Gasteiger partial charge in [-0.1, -0.05) is 35.5 Å². The Morgan fingerprint density at radius 3 is 2.43 bits per heavy atom. The van der Waals surface area contributed by atoms with Crippen molar-refractivity contribution < 1.29 is 12.9 Å². The lowest BCUT2D eigenvalue weighted by Crippen LogP contribution is -2.48. The molecule has 4 rings (SSSR count). The monoisotopic (exact) mass is 423 g/mol. The van der Waals surface area contributed by atoms with Crippen LogP contribution in [0.1, 0.15) is 11.7 Å². The molecule has 1 aliphatic rings. The third-order valence-electron chi connectivity index (χ3n) is 4.74. The van der Waals surface area contributed by atoms with Gasteiger partial charge in [0.2, 0.25) is 15.9 Å². The Balaban J connectivity index is 0.00000225. The van der Waals surface area contributed by atoms with Crippen molar-refractivity contribution in [2.24, 2.45) is 5.73 Å². The lowest BCUT2D eigenvalue weighted by Gasteiger charge is -2.33. The van der Waals surface area contributed by atoms with Gasteiger partial charge in [-0.3, -0.25) is 4.90 Å². The van der Waals surface area contributed by atoms with Crippen molar-refractivity contribution in [2.45, 2.75) is 18.0 Å². The fourth-order valence-electron chi connectivity index (χ4n) is 3.24. The zero-order valence-corrected chi connectivity index (χ0v) is 16.8. The molecule has 2 N–H and O–H groups in total. The second kappa shape index (κ2) is 8.54. The van der Waals surface area contributed by atoms with Crippen LogP contribution in [0.15, 0.2) is 51.9 Å². The lowest BCUT2D eigenvalue weighted by atomic mass is 10.1. The molecule has 0 radical (unpaired) electrons. The minimum atomic E-state index is -3.51. The number of nitrogens with zero attached hydrogens (tertiary/aromatic N) is 4. The van der Waals surface area contributed by atoms with E-state index in [4.69, 9.17) is 10.3 Å². The summed E-state index contributed by atoms with van der Waals surface area (Å²) in [5.41, 5.74) is 5.47. The van der Waals surface area contributed by atoms with E-state index >= 15 is 0 Å². The molecule has 3 aromatic rings. The summed E-state index contributed by atoms with van der Waals surface area (Å²) in [4.78, 5) is 6.63. The molecule has 0 unspecified atom stereocenters. The first kappa shape index (κ1) is 20.7. The number of fused-ring (bicyclic) bond motifs is 1. The van der Waals surface area contributed by atoms with Crippen molar-refractivity contribution >= 4 is 33.2 Å². The standard InChI is InChI=1S/C18H21N5O3S.ClH/c19-12-18-20-17(21-26-18)13-22-7-9-23(10-8-22)27(24,25)16-6-5-14-3-1-2-4-15(14)11-16;/h1-6,11H,7-10,12-13,19H2;1H. The van der Waals surface area contributed by atoms with Gasteiger partial charge in [-0.25, -0.2) is 8.42 Å². The Morgan fingerprint density at radius 1 is 1.04 bits per heavy atom. The molecule has 10 heteroatoms. The number of benzene rings is 2. The van der Waals surface area contributed by atoms with Gasteiger partial charge in [-0.15, -0.1) is 12.4 Å². The largest absolute Gasteiger partial charge is 0.338 e. The minimum absolute atomic E-state index is 0. The highest BCUT2D eigenvalue weighted by Crippen LogP contribution is 2.23. The van der Waals surface area contributed by atoms with E-state index in [1.54, 1.807) is 12.1 Å². The topological polar surface area (TPSA) is 106 Å². The number of piperazine rings is 1. The molecule has 150 valence electrons. The van der Waals surface area contributed by atoms with Crippen molar-refractivity contribution in [1.82, 2.24) is 19.3 Å². The van der Waals surface area contributed by atoms with Crippen LogP contribution in [0.2, 0.25) is 0 Å². The fraction of sp³-hybridized carbons (Fsp3) is 0.333. The smallest absolute Gasteiger partial charge is 0.243 e. The summed E-state index contributed by atoms with van der Waals surface area (Å²) in [5.74, 6) is 0.976. The Hall–Kier alpha value is -2.04. The number of hydrogen-bond acceptors (Lipinski definition) is 7. The Labute approximate surface area is 169 Å². The van der Waals surface area contributed by atoms with E-state index in [1.807, 2.05) is 30.3 Å². The molecule has 1 aliphatic heterocycles. The van der Waals surface area contributed by atoms with Gasteiger partial charge in [0.1, 0.15) is 0 Å². The molecule has 0 spiro atoms. The van der Waals surface area contributed by atoms with Crippen LogP contribution in [-0.2, 0) is 23.1 Å². The molecule has 1 aromatic heterocycles. The zero-order chi connectivity index (χ0) is 18.9. The maximum absolute atomic E-state index is 13.0. The van der Waals surface area contributed by atoms with Crippen LogP contribution < -0.4 is 5.73 Å². The number of halogens is 1. The van der Waals surface area contributed by atoms with Crippen molar-refractivity contribution in [3.63, 3.8) is 0 Å². The summed E-state index contributed by atoms with van der Waals surface area (Å²) in [5, 5.41) is 5.83. The van der Waals surface area contributed by atoms with Gasteiger partial charge in [0.15, 0.2) is 5.82 Å². The molecule has 0 bridgehead atoms. The summed E-state index contributed by atoms with van der Waals surface area (Å²) >= 11 is 0. The Morgan fingerprint density at radius 2 is 1.75 bits per heavy atom. The van der Waals surface area contributed by atoms with E-state index < -0.39 is 10.0 Å². The van der Waals surface area contributed by atoms with Crippen molar-refractivity contribution in [1.29, 1.82) is 0 Å². The third-order valence-corrected chi connectivity index (χ3v) is 6.63. The normalized spacial score (nSPS) is 16.2. The summed E-state index contributed by atoms with van der Waals surface area (Å²) < 4.78 is 32.5. The predicted molar refractivity (Wildman–Crippen MR) is 107 cm³/mol. The average Bonchev–Trinajstić information content (AvgIpc) is 3.15. The molecule has 0 amide bonds. The lowest BCUT2D eigenvalue weighted by molar-refractivity contribution is 0.176. The van der Waals surface area contributed by atoms with Crippen LogP contribution in [0, 0.1) is 0 Å². The third kappa shape index (κ3) is 4.18. The van der Waals surface area contributed by atoms with Crippen LogP contribution in [0.25, 0.3) is 10.8 Å². The number of sulfonamides is 1. The molecule has 1 fully saturated rings. The molecule has 8 nitrogen and oxygen atoms in total. The van der Waals surface area contributed by atoms with Crippen LogP contribution in [0.4, 0.5) is 0 Å². The van der Waals surface area contributed by atoms with E-state index in [0.717, 1.165) is 10.8 Å². The first-order valence-corrected chi connectivity index (χ1v) is 10.2. The number of rotatable bonds is 5. The van der Waals surface area contributed by atoms with Crippen LogP contribution in [0.5, 0.6) is 0 Å². The van der Waals surface area contributed by atoms with Crippen molar-refractivity contribution in [2.75, 3.05) is 26.2 Å². The molecule has 1 saturated heterocycles. The fourth-order valence-corrected chi connectivity index (χ4v) is 4.70. The highest BCUT2D eigenvalue weighted by molar-refractivity contribution is 7.89. The zero-order valence-electron chi connectivity index (χ0n) is 15.2. The molecule has 28 heavy (non-hydrogen) atoms. The molecule has 0 aliphatic carbocycles. The highest BCUT2D eigenvalue weighted by atomic mass is 35.5. The highest BCUT2D eigenvalue weighted by Gasteiger charge is 2.29. The van der Waals surface area contributed by atoms with Gasteiger partial charge in [-0.05, 0) is 22.9 Å². The summed E-state index contributed by atoms with van der Waals surface area (Å²) in [7, 11) is -3.51. The van der Waals surface area contributed by atoms with E-state index in [0.29, 0.717) is 49.3 Å². The predicted octanol–water partition coefficient (Wildman–Crippen LogP) is 1.61. The van der Waals surface area contributed by atoms with Crippen molar-refractivity contribution in [3.05, 3.63) is 54.2 Å². The quantitative estimate of drug-likeness (QED) is 0.664. The van der Waals surface area contributed by atoms with Gasteiger partial charge in [-0.2, -0.15) is 9.29 Å². The Bertz CT molecular complexity index is 1050. The van der Waals surface area contributed by atoms with E-state index in [2.05, 4.69) is 15.0 Å². The molecule has 0 saturated carbocycles. The Kier molecular flexibility index (Phi) is 6.31. The maximum Gasteiger partial charge on any atom is 0.243 e. The number of hydrogen-bond donors (Lipinski definition) is 1. The molecule has 0 atom stereocenters. The van der Waals surface area contributed by atoms with E-state index in [-0.39, 0.29) is 19.0 Å². The van der Waals surface area contributed by atoms with Gasteiger partial charge < -0.3 is 10.3 Å². The average molecular weight is 424 g/mol. The minimum Gasteiger partial charge on any atom is -0.338 e. The summed E-state index contributed by atoms with van der Waals surface area (Å²) in [6.07, 6.45) is 0. The molecular weight excluding hydrogens is 402 g/mol. The van der Waals surface area contributed by atoms with Gasteiger partial charge in [0.05, 0.1) is 18.0 Å². The summed E-state index contributed by atoms with van der Waals surface area (Å²) in [6.45, 7) is 2.81. The maximum atomic E-state index is 13.0. The van der Waals surface area contributed by atoms with E-state index in [9.17, 15) is 8.42 Å².